The highest BCUT2D eigenvalue weighted by Gasteiger charge is 2.31. The van der Waals surface area contributed by atoms with E-state index in [1.807, 2.05) is 29.2 Å². The Hall–Kier alpha value is -2.69. The quantitative estimate of drug-likeness (QED) is 0.658. The number of likely N-dealkylation sites (tertiary alicyclic amines) is 1. The van der Waals surface area contributed by atoms with E-state index in [4.69, 9.17) is 4.98 Å². The maximum absolute atomic E-state index is 13.7. The third-order valence-corrected chi connectivity index (χ3v) is 5.88. The Morgan fingerprint density at radius 3 is 2.61 bits per heavy atom. The predicted octanol–water partition coefficient (Wildman–Crippen LogP) is 4.83. The largest absolute Gasteiger partial charge is 0.333 e. The van der Waals surface area contributed by atoms with Crippen molar-refractivity contribution < 1.29 is 4.79 Å². The predicted molar refractivity (Wildman–Crippen MR) is 112 cm³/mol. The molecule has 0 spiro atoms. The summed E-state index contributed by atoms with van der Waals surface area (Å²) in [6, 6.07) is 8.61. The van der Waals surface area contributed by atoms with E-state index in [9.17, 15) is 4.79 Å². The van der Waals surface area contributed by atoms with Crippen molar-refractivity contribution in [1.29, 1.82) is 0 Å². The van der Waals surface area contributed by atoms with Gasteiger partial charge in [-0.1, -0.05) is 11.6 Å². The summed E-state index contributed by atoms with van der Waals surface area (Å²) >= 11 is 0. The van der Waals surface area contributed by atoms with Gasteiger partial charge in [0, 0.05) is 35.8 Å². The maximum atomic E-state index is 13.7. The van der Waals surface area contributed by atoms with Gasteiger partial charge in [-0.2, -0.15) is 5.10 Å². The first-order chi connectivity index (χ1) is 13.5. The van der Waals surface area contributed by atoms with Crippen molar-refractivity contribution in [2.24, 2.45) is 0 Å². The fraction of sp³-hybridized carbons (Fsp3) is 0.435. The van der Waals surface area contributed by atoms with Crippen LogP contribution < -0.4 is 0 Å². The number of carbonyl (C=O) groups is 1. The number of fused-ring (bicyclic) bond motifs is 1. The average Bonchev–Trinajstić information content (AvgIpc) is 3.16. The van der Waals surface area contributed by atoms with Crippen molar-refractivity contribution in [2.45, 2.75) is 65.6 Å². The molecule has 4 rings (SSSR count). The Labute approximate surface area is 166 Å². The third-order valence-electron chi connectivity index (χ3n) is 5.88. The minimum Gasteiger partial charge on any atom is -0.333 e. The second-order valence-corrected chi connectivity index (χ2v) is 8.00. The van der Waals surface area contributed by atoms with Gasteiger partial charge in [-0.05, 0) is 65.2 Å². The molecule has 1 aromatic carbocycles. The van der Waals surface area contributed by atoms with Gasteiger partial charge in [0.2, 0.25) is 0 Å². The van der Waals surface area contributed by atoms with Crippen LogP contribution in [0.25, 0.3) is 22.2 Å². The zero-order valence-electron chi connectivity index (χ0n) is 17.1. The van der Waals surface area contributed by atoms with Gasteiger partial charge in [0.25, 0.3) is 5.91 Å². The molecule has 2 atom stereocenters. The third kappa shape index (κ3) is 3.30. The lowest BCUT2D eigenvalue weighted by Crippen LogP contribution is -2.47. The maximum Gasteiger partial charge on any atom is 0.255 e. The fourth-order valence-electron chi connectivity index (χ4n) is 4.29. The van der Waals surface area contributed by atoms with Crippen LogP contribution >= 0.6 is 0 Å². The Kier molecular flexibility index (Phi) is 4.92. The van der Waals surface area contributed by atoms with Crippen LogP contribution in [-0.4, -0.2) is 37.7 Å². The van der Waals surface area contributed by atoms with Crippen LogP contribution in [0.2, 0.25) is 0 Å². The first kappa shape index (κ1) is 18.7. The standard InChI is InChI=1S/C23H28N4O/c1-5-26-14-18(13-24-26)22-12-20(19-11-15(2)9-10-21(19)25-22)23(28)27-16(3)7-6-8-17(27)4/h9-14,16-17H,5-8H2,1-4H3/t16-,17+. The van der Waals surface area contributed by atoms with Crippen LogP contribution in [0.4, 0.5) is 0 Å². The highest BCUT2D eigenvalue weighted by atomic mass is 16.2. The zero-order chi connectivity index (χ0) is 19.8. The van der Waals surface area contributed by atoms with Crippen LogP contribution in [0.5, 0.6) is 0 Å². The van der Waals surface area contributed by atoms with E-state index in [0.717, 1.165) is 52.7 Å². The Morgan fingerprint density at radius 2 is 1.93 bits per heavy atom. The lowest BCUT2D eigenvalue weighted by atomic mass is 9.95. The van der Waals surface area contributed by atoms with Gasteiger partial charge in [-0.25, -0.2) is 4.98 Å². The number of aromatic nitrogens is 3. The monoisotopic (exact) mass is 376 g/mol. The van der Waals surface area contributed by atoms with E-state index >= 15 is 0 Å². The molecule has 0 N–H and O–H groups in total. The van der Waals surface area contributed by atoms with Gasteiger partial charge in [0.1, 0.15) is 0 Å². The summed E-state index contributed by atoms with van der Waals surface area (Å²) in [7, 11) is 0. The number of nitrogens with zero attached hydrogens (tertiary/aromatic N) is 4. The summed E-state index contributed by atoms with van der Waals surface area (Å²) in [5.74, 6) is 0.113. The summed E-state index contributed by atoms with van der Waals surface area (Å²) in [5.41, 5.74) is 4.48. The van der Waals surface area contributed by atoms with Gasteiger partial charge < -0.3 is 4.90 Å². The molecule has 1 amide bonds. The lowest BCUT2D eigenvalue weighted by Gasteiger charge is -2.39. The molecule has 3 aromatic rings. The highest BCUT2D eigenvalue weighted by molar-refractivity contribution is 6.07. The van der Waals surface area contributed by atoms with Crippen LogP contribution in [-0.2, 0) is 6.54 Å². The van der Waals surface area contributed by atoms with Crippen molar-refractivity contribution in [3.63, 3.8) is 0 Å². The van der Waals surface area contributed by atoms with Crippen molar-refractivity contribution in [1.82, 2.24) is 19.7 Å². The smallest absolute Gasteiger partial charge is 0.255 e. The minimum atomic E-state index is 0.113. The Bertz CT molecular complexity index is 1010. The molecular weight excluding hydrogens is 348 g/mol. The van der Waals surface area contributed by atoms with Gasteiger partial charge in [0.05, 0.1) is 23.0 Å². The van der Waals surface area contributed by atoms with Crippen molar-refractivity contribution in [3.8, 4) is 11.3 Å². The molecule has 3 heterocycles. The number of hydrogen-bond acceptors (Lipinski definition) is 3. The van der Waals surface area contributed by atoms with Crippen molar-refractivity contribution in [3.05, 3.63) is 47.8 Å². The molecule has 0 unspecified atom stereocenters. The van der Waals surface area contributed by atoms with Gasteiger partial charge in [-0.3, -0.25) is 9.48 Å². The van der Waals surface area contributed by atoms with Gasteiger partial charge >= 0.3 is 0 Å². The second-order valence-electron chi connectivity index (χ2n) is 8.00. The fourth-order valence-corrected chi connectivity index (χ4v) is 4.29. The number of benzene rings is 1. The summed E-state index contributed by atoms with van der Waals surface area (Å²) in [6.45, 7) is 9.24. The van der Waals surface area contributed by atoms with E-state index in [1.54, 1.807) is 0 Å². The molecule has 2 aromatic heterocycles. The summed E-state index contributed by atoms with van der Waals surface area (Å²) in [4.78, 5) is 20.6. The summed E-state index contributed by atoms with van der Waals surface area (Å²) in [5, 5.41) is 5.31. The van der Waals surface area contributed by atoms with E-state index in [0.29, 0.717) is 0 Å². The topological polar surface area (TPSA) is 51.0 Å². The number of pyridine rings is 1. The molecule has 0 aliphatic carbocycles. The van der Waals surface area contributed by atoms with Crippen LogP contribution in [0, 0.1) is 6.92 Å². The normalized spacial score (nSPS) is 19.9. The van der Waals surface area contributed by atoms with Crippen molar-refractivity contribution >= 4 is 16.8 Å². The van der Waals surface area contributed by atoms with Crippen LogP contribution in [0.1, 0.15) is 56.0 Å². The van der Waals surface area contributed by atoms with Crippen LogP contribution in [0.15, 0.2) is 36.7 Å². The van der Waals surface area contributed by atoms with Gasteiger partial charge in [0.15, 0.2) is 0 Å². The second kappa shape index (κ2) is 7.38. The van der Waals surface area contributed by atoms with Crippen LogP contribution in [0.3, 0.4) is 0 Å². The number of hydrogen-bond donors (Lipinski definition) is 0. The summed E-state index contributed by atoms with van der Waals surface area (Å²) < 4.78 is 1.88. The summed E-state index contributed by atoms with van der Waals surface area (Å²) in [6.07, 6.45) is 7.13. The number of rotatable bonds is 3. The van der Waals surface area contributed by atoms with E-state index in [-0.39, 0.29) is 18.0 Å². The Balaban J connectivity index is 1.87. The first-order valence-corrected chi connectivity index (χ1v) is 10.2. The molecule has 1 aliphatic rings. The molecular formula is C23H28N4O. The number of amides is 1. The molecule has 0 bridgehead atoms. The lowest BCUT2D eigenvalue weighted by molar-refractivity contribution is 0.0513. The minimum absolute atomic E-state index is 0.113. The average molecular weight is 377 g/mol. The molecule has 1 saturated heterocycles. The molecule has 5 heteroatoms. The molecule has 1 fully saturated rings. The zero-order valence-corrected chi connectivity index (χ0v) is 17.1. The number of piperidine rings is 1. The van der Waals surface area contributed by atoms with E-state index < -0.39 is 0 Å². The SMILES string of the molecule is CCn1cc(-c2cc(C(=O)N3[C@H](C)CCC[C@@H]3C)c3cc(C)ccc3n2)cn1. The number of aryl methyl sites for hydroxylation is 2. The van der Waals surface area contributed by atoms with E-state index in [1.165, 1.54) is 6.42 Å². The molecule has 1 aliphatic heterocycles. The van der Waals surface area contributed by atoms with E-state index in [2.05, 4.69) is 49.8 Å². The molecule has 146 valence electrons. The van der Waals surface area contributed by atoms with Gasteiger partial charge in [-0.15, -0.1) is 0 Å². The molecule has 5 nitrogen and oxygen atoms in total. The first-order valence-electron chi connectivity index (χ1n) is 10.2. The Morgan fingerprint density at radius 1 is 1.18 bits per heavy atom. The number of carbonyl (C=O) groups excluding carboxylic acids is 1. The molecule has 28 heavy (non-hydrogen) atoms. The molecule has 0 saturated carbocycles. The van der Waals surface area contributed by atoms with Crippen molar-refractivity contribution in [2.75, 3.05) is 0 Å². The molecule has 0 radical (unpaired) electrons. The highest BCUT2D eigenvalue weighted by Crippen LogP contribution is 2.30.